The summed E-state index contributed by atoms with van der Waals surface area (Å²) in [5, 5.41) is 3.42. The predicted molar refractivity (Wildman–Crippen MR) is 84.4 cm³/mol. The van der Waals surface area contributed by atoms with Gasteiger partial charge in [0.1, 0.15) is 17.7 Å². The van der Waals surface area contributed by atoms with Crippen molar-refractivity contribution in [1.29, 1.82) is 0 Å². The Kier molecular flexibility index (Phi) is 6.03. The van der Waals surface area contributed by atoms with Crippen LogP contribution in [0.25, 0.3) is 0 Å². The summed E-state index contributed by atoms with van der Waals surface area (Å²) in [7, 11) is 0. The van der Waals surface area contributed by atoms with Gasteiger partial charge in [0, 0.05) is 12.6 Å². The second-order valence-electron chi connectivity index (χ2n) is 4.80. The van der Waals surface area contributed by atoms with Crippen LogP contribution in [0.4, 0.5) is 4.39 Å². The molecule has 1 atom stereocenters. The SMILES string of the molecule is CCCNCC(Oc1ccc(F)c(Cl)c1)c1ccccc1. The highest BCUT2D eigenvalue weighted by Gasteiger charge is 2.13. The van der Waals surface area contributed by atoms with Crippen molar-refractivity contribution in [2.24, 2.45) is 0 Å². The molecule has 112 valence electrons. The van der Waals surface area contributed by atoms with Crippen LogP contribution in [-0.4, -0.2) is 13.1 Å². The van der Waals surface area contributed by atoms with E-state index >= 15 is 0 Å². The van der Waals surface area contributed by atoms with E-state index in [1.54, 1.807) is 6.07 Å². The van der Waals surface area contributed by atoms with E-state index in [0.29, 0.717) is 12.3 Å². The highest BCUT2D eigenvalue weighted by atomic mass is 35.5. The van der Waals surface area contributed by atoms with E-state index < -0.39 is 5.82 Å². The topological polar surface area (TPSA) is 21.3 Å². The molecule has 2 rings (SSSR count). The molecule has 1 unspecified atom stereocenters. The summed E-state index contributed by atoms with van der Waals surface area (Å²) in [5.74, 6) is 0.123. The van der Waals surface area contributed by atoms with E-state index in [1.807, 2.05) is 30.3 Å². The molecular formula is C17H19ClFNO. The fourth-order valence-corrected chi connectivity index (χ4v) is 2.19. The van der Waals surface area contributed by atoms with E-state index in [4.69, 9.17) is 16.3 Å². The van der Waals surface area contributed by atoms with Gasteiger partial charge in [-0.3, -0.25) is 0 Å². The minimum absolute atomic E-state index is 0.0702. The fourth-order valence-electron chi connectivity index (χ4n) is 2.02. The molecule has 0 fully saturated rings. The first kappa shape index (κ1) is 15.8. The van der Waals surface area contributed by atoms with E-state index in [2.05, 4.69) is 12.2 Å². The van der Waals surface area contributed by atoms with Crippen LogP contribution in [0.5, 0.6) is 5.75 Å². The maximum atomic E-state index is 13.2. The lowest BCUT2D eigenvalue weighted by atomic mass is 10.1. The Bertz CT molecular complexity index is 562. The lowest BCUT2D eigenvalue weighted by molar-refractivity contribution is 0.201. The van der Waals surface area contributed by atoms with Gasteiger partial charge in [0.2, 0.25) is 0 Å². The van der Waals surface area contributed by atoms with Crippen LogP contribution < -0.4 is 10.1 Å². The Morgan fingerprint density at radius 1 is 1.19 bits per heavy atom. The smallest absolute Gasteiger partial charge is 0.142 e. The number of hydrogen-bond acceptors (Lipinski definition) is 2. The minimum Gasteiger partial charge on any atom is -0.484 e. The average Bonchev–Trinajstić information content (AvgIpc) is 2.51. The molecule has 0 saturated heterocycles. The third-order valence-electron chi connectivity index (χ3n) is 3.10. The number of halogens is 2. The Hall–Kier alpha value is -1.58. The molecule has 4 heteroatoms. The van der Waals surface area contributed by atoms with Crippen LogP contribution in [0, 0.1) is 5.82 Å². The molecular weight excluding hydrogens is 289 g/mol. The van der Waals surface area contributed by atoms with Crippen molar-refractivity contribution in [3.8, 4) is 5.75 Å². The monoisotopic (exact) mass is 307 g/mol. The van der Waals surface area contributed by atoms with Gasteiger partial charge in [0.15, 0.2) is 0 Å². The molecule has 0 aliphatic heterocycles. The lowest BCUT2D eigenvalue weighted by Gasteiger charge is -2.20. The molecule has 0 aliphatic carbocycles. The fraction of sp³-hybridized carbons (Fsp3) is 0.294. The third kappa shape index (κ3) is 4.73. The first-order valence-electron chi connectivity index (χ1n) is 7.08. The summed E-state index contributed by atoms with van der Waals surface area (Å²) in [6.07, 6.45) is 0.920. The van der Waals surface area contributed by atoms with Crippen molar-refractivity contribution in [2.75, 3.05) is 13.1 Å². The maximum Gasteiger partial charge on any atom is 0.142 e. The summed E-state index contributed by atoms with van der Waals surface area (Å²) < 4.78 is 19.2. The van der Waals surface area contributed by atoms with Gasteiger partial charge < -0.3 is 10.1 Å². The first-order chi connectivity index (χ1) is 10.2. The van der Waals surface area contributed by atoms with Crippen LogP contribution in [0.1, 0.15) is 25.0 Å². The zero-order chi connectivity index (χ0) is 15.1. The Morgan fingerprint density at radius 2 is 1.95 bits per heavy atom. The lowest BCUT2D eigenvalue weighted by Crippen LogP contribution is -2.25. The predicted octanol–water partition coefficient (Wildman–Crippen LogP) is 4.60. The molecule has 0 saturated carbocycles. The van der Waals surface area contributed by atoms with Crippen LogP contribution in [0.15, 0.2) is 48.5 Å². The van der Waals surface area contributed by atoms with Gasteiger partial charge in [-0.1, -0.05) is 48.9 Å². The Labute approximate surface area is 129 Å². The van der Waals surface area contributed by atoms with Crippen molar-refractivity contribution in [3.63, 3.8) is 0 Å². The van der Waals surface area contributed by atoms with E-state index in [-0.39, 0.29) is 11.1 Å². The van der Waals surface area contributed by atoms with Crippen molar-refractivity contribution >= 4 is 11.6 Å². The summed E-state index contributed by atoms with van der Waals surface area (Å²) >= 11 is 5.80. The molecule has 0 aliphatic rings. The molecule has 0 heterocycles. The highest BCUT2D eigenvalue weighted by molar-refractivity contribution is 6.30. The van der Waals surface area contributed by atoms with Gasteiger partial charge in [-0.05, 0) is 30.7 Å². The summed E-state index contributed by atoms with van der Waals surface area (Å²) in [6.45, 7) is 3.73. The minimum atomic E-state index is -0.440. The van der Waals surface area contributed by atoms with E-state index in [0.717, 1.165) is 18.5 Å². The maximum absolute atomic E-state index is 13.2. The number of hydrogen-bond donors (Lipinski definition) is 1. The molecule has 0 aromatic heterocycles. The average molecular weight is 308 g/mol. The summed E-state index contributed by atoms with van der Waals surface area (Å²) in [4.78, 5) is 0. The standard InChI is InChI=1S/C17H19ClFNO/c1-2-10-20-12-17(13-6-4-3-5-7-13)21-14-8-9-16(19)15(18)11-14/h3-9,11,17,20H,2,10,12H2,1H3. The van der Waals surface area contributed by atoms with E-state index in [9.17, 15) is 4.39 Å². The van der Waals surface area contributed by atoms with Gasteiger partial charge in [-0.15, -0.1) is 0 Å². The van der Waals surface area contributed by atoms with Crippen molar-refractivity contribution in [1.82, 2.24) is 5.32 Å². The Morgan fingerprint density at radius 3 is 2.62 bits per heavy atom. The zero-order valence-corrected chi connectivity index (χ0v) is 12.7. The largest absolute Gasteiger partial charge is 0.484 e. The molecule has 1 N–H and O–H groups in total. The van der Waals surface area contributed by atoms with E-state index in [1.165, 1.54) is 12.1 Å². The number of benzene rings is 2. The summed E-state index contributed by atoms with van der Waals surface area (Å²) in [5.41, 5.74) is 1.07. The third-order valence-corrected chi connectivity index (χ3v) is 3.39. The molecule has 0 bridgehead atoms. The quantitative estimate of drug-likeness (QED) is 0.755. The number of nitrogens with one attached hydrogen (secondary N) is 1. The van der Waals surface area contributed by atoms with Gasteiger partial charge in [0.05, 0.1) is 5.02 Å². The molecule has 0 radical (unpaired) electrons. The Balaban J connectivity index is 2.13. The normalized spacial score (nSPS) is 12.1. The summed E-state index contributed by atoms with van der Waals surface area (Å²) in [6, 6.07) is 14.4. The molecule has 2 aromatic carbocycles. The van der Waals surface area contributed by atoms with Gasteiger partial charge in [-0.2, -0.15) is 0 Å². The van der Waals surface area contributed by atoms with Crippen molar-refractivity contribution in [2.45, 2.75) is 19.4 Å². The second kappa shape index (κ2) is 8.01. The number of rotatable bonds is 7. The zero-order valence-electron chi connectivity index (χ0n) is 12.0. The van der Waals surface area contributed by atoms with Crippen LogP contribution in [-0.2, 0) is 0 Å². The van der Waals surface area contributed by atoms with Gasteiger partial charge >= 0.3 is 0 Å². The van der Waals surface area contributed by atoms with Crippen molar-refractivity contribution < 1.29 is 9.13 Å². The van der Waals surface area contributed by atoms with Crippen LogP contribution >= 0.6 is 11.6 Å². The van der Waals surface area contributed by atoms with Gasteiger partial charge in [-0.25, -0.2) is 4.39 Å². The molecule has 21 heavy (non-hydrogen) atoms. The van der Waals surface area contributed by atoms with Gasteiger partial charge in [0.25, 0.3) is 0 Å². The van der Waals surface area contributed by atoms with Crippen LogP contribution in [0.2, 0.25) is 5.02 Å². The first-order valence-corrected chi connectivity index (χ1v) is 7.46. The van der Waals surface area contributed by atoms with Crippen molar-refractivity contribution in [3.05, 3.63) is 64.9 Å². The molecule has 2 aromatic rings. The molecule has 0 amide bonds. The highest BCUT2D eigenvalue weighted by Crippen LogP contribution is 2.26. The second-order valence-corrected chi connectivity index (χ2v) is 5.20. The molecule has 0 spiro atoms. The molecule has 2 nitrogen and oxygen atoms in total. The van der Waals surface area contributed by atoms with Crippen LogP contribution in [0.3, 0.4) is 0 Å². The number of ether oxygens (including phenoxy) is 1.